The molecule has 0 fully saturated rings. The maximum absolute atomic E-state index is 12.5. The van der Waals surface area contributed by atoms with Gasteiger partial charge in [-0.3, -0.25) is 4.79 Å². The number of hydrogen-bond acceptors (Lipinski definition) is 3. The molecule has 0 radical (unpaired) electrons. The molecular weight excluding hydrogens is 242 g/mol. The van der Waals surface area contributed by atoms with E-state index >= 15 is 0 Å². The van der Waals surface area contributed by atoms with Crippen molar-refractivity contribution in [1.29, 1.82) is 0 Å². The van der Waals surface area contributed by atoms with Gasteiger partial charge in [-0.2, -0.15) is 0 Å². The fraction of sp³-hybridized carbons (Fsp3) is 0.533. The predicted octanol–water partition coefficient (Wildman–Crippen LogP) is 2.97. The maximum atomic E-state index is 12.5. The van der Waals surface area contributed by atoms with Crippen LogP contribution < -0.4 is 9.47 Å². The molecule has 1 aromatic rings. The molecule has 0 aromatic heterocycles. The fourth-order valence-corrected chi connectivity index (χ4v) is 1.90. The van der Waals surface area contributed by atoms with Crippen LogP contribution in [-0.4, -0.2) is 38.1 Å². The van der Waals surface area contributed by atoms with Crippen LogP contribution in [0.5, 0.6) is 11.5 Å². The summed E-state index contributed by atoms with van der Waals surface area (Å²) in [5.41, 5.74) is 0.555. The van der Waals surface area contributed by atoms with Crippen molar-refractivity contribution in [3.8, 4) is 11.5 Å². The zero-order valence-corrected chi connectivity index (χ0v) is 12.2. The molecule has 0 atom stereocenters. The number of hydrogen-bond donors (Lipinski definition) is 0. The van der Waals surface area contributed by atoms with Crippen LogP contribution >= 0.6 is 0 Å². The molecule has 0 saturated carbocycles. The van der Waals surface area contributed by atoms with Crippen molar-refractivity contribution in [3.05, 3.63) is 23.8 Å². The summed E-state index contributed by atoms with van der Waals surface area (Å²) in [6.07, 6.45) is 2.07. The monoisotopic (exact) mass is 265 g/mol. The molecule has 0 aliphatic heterocycles. The van der Waals surface area contributed by atoms with Gasteiger partial charge in [0, 0.05) is 13.1 Å². The molecule has 0 unspecified atom stereocenters. The smallest absolute Gasteiger partial charge is 0.257 e. The van der Waals surface area contributed by atoms with Crippen molar-refractivity contribution in [2.24, 2.45) is 0 Å². The molecule has 0 aliphatic rings. The lowest BCUT2D eigenvalue weighted by Gasteiger charge is -2.22. The third-order valence-corrected chi connectivity index (χ3v) is 3.09. The highest BCUT2D eigenvalue weighted by molar-refractivity contribution is 5.97. The van der Waals surface area contributed by atoms with E-state index in [2.05, 4.69) is 6.92 Å². The standard InChI is InChI=1S/C15H23NO3/c1-5-7-10-16(6-2)15(17)13-11-12(18-3)8-9-14(13)19-4/h8-9,11H,5-7,10H2,1-4H3. The number of rotatable bonds is 7. The first-order valence-corrected chi connectivity index (χ1v) is 6.69. The maximum Gasteiger partial charge on any atom is 0.257 e. The number of unbranched alkanes of at least 4 members (excludes halogenated alkanes) is 1. The molecule has 1 aromatic carbocycles. The summed E-state index contributed by atoms with van der Waals surface area (Å²) in [5.74, 6) is 1.24. The number of amides is 1. The van der Waals surface area contributed by atoms with Crippen molar-refractivity contribution < 1.29 is 14.3 Å². The van der Waals surface area contributed by atoms with Gasteiger partial charge in [0.2, 0.25) is 0 Å². The topological polar surface area (TPSA) is 38.8 Å². The zero-order valence-electron chi connectivity index (χ0n) is 12.2. The largest absolute Gasteiger partial charge is 0.497 e. The summed E-state index contributed by atoms with van der Waals surface area (Å²) in [6.45, 7) is 5.57. The second-order valence-corrected chi connectivity index (χ2v) is 4.30. The fourth-order valence-electron chi connectivity index (χ4n) is 1.90. The SMILES string of the molecule is CCCCN(CC)C(=O)c1cc(OC)ccc1OC. The highest BCUT2D eigenvalue weighted by Crippen LogP contribution is 2.25. The summed E-state index contributed by atoms with van der Waals surface area (Å²) in [4.78, 5) is 14.4. The van der Waals surface area contributed by atoms with Crippen molar-refractivity contribution in [1.82, 2.24) is 4.90 Å². The normalized spacial score (nSPS) is 10.1. The number of methoxy groups -OCH3 is 2. The molecule has 0 heterocycles. The lowest BCUT2D eigenvalue weighted by Crippen LogP contribution is -2.32. The minimum Gasteiger partial charge on any atom is -0.497 e. The van der Waals surface area contributed by atoms with Crippen molar-refractivity contribution in [2.75, 3.05) is 27.3 Å². The van der Waals surface area contributed by atoms with Gasteiger partial charge in [-0.25, -0.2) is 0 Å². The summed E-state index contributed by atoms with van der Waals surface area (Å²) < 4.78 is 10.4. The number of carbonyl (C=O) groups excluding carboxylic acids is 1. The minimum atomic E-state index is -0.00769. The van der Waals surface area contributed by atoms with Gasteiger partial charge in [-0.15, -0.1) is 0 Å². The van der Waals surface area contributed by atoms with E-state index in [1.54, 1.807) is 32.4 Å². The number of carbonyl (C=O) groups is 1. The zero-order chi connectivity index (χ0) is 14.3. The highest BCUT2D eigenvalue weighted by Gasteiger charge is 2.18. The van der Waals surface area contributed by atoms with Gasteiger partial charge >= 0.3 is 0 Å². The van der Waals surface area contributed by atoms with Crippen LogP contribution in [0.4, 0.5) is 0 Å². The highest BCUT2D eigenvalue weighted by atomic mass is 16.5. The predicted molar refractivity (Wildman–Crippen MR) is 76.0 cm³/mol. The van der Waals surface area contributed by atoms with Gasteiger partial charge in [-0.1, -0.05) is 13.3 Å². The quantitative estimate of drug-likeness (QED) is 0.761. The van der Waals surface area contributed by atoms with E-state index in [0.29, 0.717) is 23.6 Å². The Morgan fingerprint density at radius 2 is 1.95 bits per heavy atom. The van der Waals surface area contributed by atoms with Crippen LogP contribution in [0.25, 0.3) is 0 Å². The van der Waals surface area contributed by atoms with E-state index in [4.69, 9.17) is 9.47 Å². The van der Waals surface area contributed by atoms with Crippen LogP contribution in [0, 0.1) is 0 Å². The summed E-state index contributed by atoms with van der Waals surface area (Å²) in [7, 11) is 3.16. The van der Waals surface area contributed by atoms with Crippen LogP contribution in [0.1, 0.15) is 37.0 Å². The molecule has 4 nitrogen and oxygen atoms in total. The first kappa shape index (κ1) is 15.3. The third-order valence-electron chi connectivity index (χ3n) is 3.09. The Bertz CT molecular complexity index is 418. The minimum absolute atomic E-state index is 0.00769. The molecule has 1 rings (SSSR count). The Morgan fingerprint density at radius 1 is 1.21 bits per heavy atom. The van der Waals surface area contributed by atoms with E-state index in [-0.39, 0.29) is 5.91 Å². The lowest BCUT2D eigenvalue weighted by molar-refractivity contribution is 0.0758. The molecule has 19 heavy (non-hydrogen) atoms. The van der Waals surface area contributed by atoms with Gasteiger partial charge < -0.3 is 14.4 Å². The Kier molecular flexibility index (Phi) is 6.19. The second kappa shape index (κ2) is 7.67. The van der Waals surface area contributed by atoms with Crippen molar-refractivity contribution >= 4 is 5.91 Å². The molecule has 106 valence electrons. The summed E-state index contributed by atoms with van der Waals surface area (Å²) in [5, 5.41) is 0. The Balaban J connectivity index is 3.01. The van der Waals surface area contributed by atoms with E-state index in [1.807, 2.05) is 11.8 Å². The van der Waals surface area contributed by atoms with E-state index in [1.165, 1.54) is 0 Å². The molecule has 1 amide bonds. The van der Waals surface area contributed by atoms with Crippen molar-refractivity contribution in [3.63, 3.8) is 0 Å². The van der Waals surface area contributed by atoms with Crippen LogP contribution in [0.15, 0.2) is 18.2 Å². The Hall–Kier alpha value is -1.71. The molecular formula is C15H23NO3. The summed E-state index contributed by atoms with van der Waals surface area (Å²) >= 11 is 0. The molecule has 0 aliphatic carbocycles. The average molecular weight is 265 g/mol. The third kappa shape index (κ3) is 3.88. The number of benzene rings is 1. The van der Waals surface area contributed by atoms with Gasteiger partial charge in [0.25, 0.3) is 5.91 Å². The van der Waals surface area contributed by atoms with E-state index in [0.717, 1.165) is 19.4 Å². The van der Waals surface area contributed by atoms with E-state index < -0.39 is 0 Å². The van der Waals surface area contributed by atoms with Crippen LogP contribution in [0.2, 0.25) is 0 Å². The molecule has 0 bridgehead atoms. The van der Waals surface area contributed by atoms with Crippen LogP contribution in [0.3, 0.4) is 0 Å². The molecule has 0 spiro atoms. The lowest BCUT2D eigenvalue weighted by atomic mass is 10.1. The van der Waals surface area contributed by atoms with Gasteiger partial charge in [-0.05, 0) is 31.5 Å². The molecule has 4 heteroatoms. The van der Waals surface area contributed by atoms with E-state index in [9.17, 15) is 4.79 Å². The average Bonchev–Trinajstić information content (AvgIpc) is 2.47. The second-order valence-electron chi connectivity index (χ2n) is 4.30. The Labute approximate surface area is 115 Å². The van der Waals surface area contributed by atoms with Crippen molar-refractivity contribution in [2.45, 2.75) is 26.7 Å². The molecule has 0 N–H and O–H groups in total. The first-order valence-electron chi connectivity index (χ1n) is 6.69. The number of nitrogens with zero attached hydrogens (tertiary/aromatic N) is 1. The molecule has 0 saturated heterocycles. The van der Waals surface area contributed by atoms with Gasteiger partial charge in [0.1, 0.15) is 11.5 Å². The van der Waals surface area contributed by atoms with Crippen LogP contribution in [-0.2, 0) is 0 Å². The van der Waals surface area contributed by atoms with Gasteiger partial charge in [0.05, 0.1) is 19.8 Å². The van der Waals surface area contributed by atoms with Gasteiger partial charge in [0.15, 0.2) is 0 Å². The Morgan fingerprint density at radius 3 is 2.47 bits per heavy atom. The first-order chi connectivity index (χ1) is 9.17. The summed E-state index contributed by atoms with van der Waals surface area (Å²) in [6, 6.07) is 5.29. The number of ether oxygens (including phenoxy) is 2.